The Morgan fingerprint density at radius 3 is 2.67 bits per heavy atom. The van der Waals surface area contributed by atoms with Crippen molar-refractivity contribution >= 4 is 0 Å². The van der Waals surface area contributed by atoms with Gasteiger partial charge >= 0.3 is 0 Å². The molecule has 0 atom stereocenters. The second kappa shape index (κ2) is 7.32. The van der Waals surface area contributed by atoms with Crippen LogP contribution in [0, 0.1) is 0 Å². The van der Waals surface area contributed by atoms with Crippen molar-refractivity contribution in [3.63, 3.8) is 0 Å². The van der Waals surface area contributed by atoms with Gasteiger partial charge in [0.05, 0.1) is 13.2 Å². The fraction of sp³-hybridized carbons (Fsp3) is 1.00. The minimum absolute atomic E-state index is 0.570. The van der Waals surface area contributed by atoms with Gasteiger partial charge in [0.15, 0.2) is 0 Å². The zero-order valence-electron chi connectivity index (χ0n) is 5.29. The Morgan fingerprint density at radius 2 is 2.11 bits per heavy atom. The van der Waals surface area contributed by atoms with Crippen LogP contribution in [0.3, 0.4) is 0 Å². The van der Waals surface area contributed by atoms with Gasteiger partial charge in [0.2, 0.25) is 0 Å². The second-order valence-corrected chi connectivity index (χ2v) is 1.56. The predicted octanol–water partition coefficient (Wildman–Crippen LogP) is -0.0172. The zero-order chi connectivity index (χ0) is 6.95. The van der Waals surface area contributed by atoms with Crippen LogP contribution in [-0.4, -0.2) is 13.2 Å². The van der Waals surface area contributed by atoms with Crippen LogP contribution >= 0.6 is 0 Å². The fourth-order valence-corrected chi connectivity index (χ4v) is 0.426. The topological polar surface area (TPSA) is 86.0 Å². The Balaban J connectivity index is 2.75. The Labute approximate surface area is 54.0 Å². The first-order chi connectivity index (χ1) is 4.41. The van der Waals surface area contributed by atoms with E-state index < -0.39 is 0 Å². The summed E-state index contributed by atoms with van der Waals surface area (Å²) in [6.07, 6.45) is 1.81. The van der Waals surface area contributed by atoms with Gasteiger partial charge in [-0.3, -0.25) is 0 Å². The highest BCUT2D eigenvalue weighted by molar-refractivity contribution is 4.39. The summed E-state index contributed by atoms with van der Waals surface area (Å²) >= 11 is 0. The molecule has 0 unspecified atom stereocenters. The Bertz CT molecular complexity index is 75.0. The number of rotatable bonds is 5. The molecule has 0 spiro atoms. The van der Waals surface area contributed by atoms with Crippen LogP contribution in [0.5, 0.6) is 0 Å². The molecule has 0 radical (unpaired) electrons. The summed E-state index contributed by atoms with van der Waals surface area (Å²) in [7, 11) is 0. The number of nitrogens with zero attached hydrogens (tertiary/aromatic N) is 2. The standard InChI is InChI=1S/C4H12N4O/c5-8-7-3-1-2-4-9-6/h1-4,6H2,(H2,5,7). The predicted molar refractivity (Wildman–Crippen MR) is 33.3 cm³/mol. The number of unbranched alkanes of at least 4 members (excludes halogenated alkanes) is 1. The van der Waals surface area contributed by atoms with Gasteiger partial charge in [-0.15, -0.1) is 0 Å². The third kappa shape index (κ3) is 7.32. The number of nitrogens with two attached hydrogens (primary N) is 2. The number of hydrogen-bond acceptors (Lipinski definition) is 4. The van der Waals surface area contributed by atoms with E-state index in [1.165, 1.54) is 0 Å². The molecular weight excluding hydrogens is 120 g/mol. The highest BCUT2D eigenvalue weighted by Crippen LogP contribution is 1.87. The lowest BCUT2D eigenvalue weighted by molar-refractivity contribution is 0.134. The highest BCUT2D eigenvalue weighted by Gasteiger charge is 1.84. The molecule has 0 aliphatic rings. The average Bonchev–Trinajstić information content (AvgIpc) is 1.89. The summed E-state index contributed by atoms with van der Waals surface area (Å²) in [4.78, 5) is 4.32. The minimum atomic E-state index is 0.570. The summed E-state index contributed by atoms with van der Waals surface area (Å²) in [5.74, 6) is 9.51. The lowest BCUT2D eigenvalue weighted by Crippen LogP contribution is -2.00. The smallest absolute Gasteiger partial charge is 0.0679 e. The van der Waals surface area contributed by atoms with Gasteiger partial charge in [-0.05, 0) is 12.8 Å². The Hall–Kier alpha value is -0.680. The summed E-state index contributed by atoms with van der Waals surface area (Å²) < 4.78 is 0. The highest BCUT2D eigenvalue weighted by atomic mass is 16.6. The van der Waals surface area contributed by atoms with Gasteiger partial charge in [0, 0.05) is 0 Å². The Kier molecular flexibility index (Phi) is 6.77. The summed E-state index contributed by atoms with van der Waals surface area (Å²) in [5.41, 5.74) is 0. The lowest BCUT2D eigenvalue weighted by Gasteiger charge is -1.92. The normalized spacial score (nSPS) is 10.8. The summed E-state index contributed by atoms with van der Waals surface area (Å²) in [6.45, 7) is 1.22. The first-order valence-electron chi connectivity index (χ1n) is 2.80. The van der Waals surface area contributed by atoms with E-state index in [0.29, 0.717) is 13.2 Å². The molecule has 0 saturated heterocycles. The molecule has 9 heavy (non-hydrogen) atoms. The molecule has 0 fully saturated rings. The van der Waals surface area contributed by atoms with E-state index in [1.807, 2.05) is 0 Å². The van der Waals surface area contributed by atoms with Gasteiger partial charge in [-0.1, -0.05) is 5.22 Å². The quantitative estimate of drug-likeness (QED) is 0.238. The molecule has 5 nitrogen and oxygen atoms in total. The van der Waals surface area contributed by atoms with Crippen LogP contribution in [0.25, 0.3) is 0 Å². The minimum Gasteiger partial charge on any atom is -0.305 e. The first-order valence-corrected chi connectivity index (χ1v) is 2.80. The largest absolute Gasteiger partial charge is 0.305 e. The lowest BCUT2D eigenvalue weighted by atomic mass is 10.3. The molecular formula is C4H12N4O. The molecule has 0 aliphatic heterocycles. The van der Waals surface area contributed by atoms with Crippen molar-refractivity contribution in [1.29, 1.82) is 0 Å². The third-order valence-electron chi connectivity index (χ3n) is 0.852. The fourth-order valence-electron chi connectivity index (χ4n) is 0.426. The van der Waals surface area contributed by atoms with Crippen molar-refractivity contribution in [3.8, 4) is 0 Å². The maximum atomic E-state index is 4.76. The molecule has 0 amide bonds. The molecule has 54 valence electrons. The summed E-state index contributed by atoms with van der Waals surface area (Å²) in [5, 5.41) is 6.64. The van der Waals surface area contributed by atoms with E-state index in [2.05, 4.69) is 15.2 Å². The van der Waals surface area contributed by atoms with Crippen molar-refractivity contribution in [2.24, 2.45) is 22.1 Å². The van der Waals surface area contributed by atoms with Crippen molar-refractivity contribution in [2.45, 2.75) is 12.8 Å². The Morgan fingerprint density at radius 1 is 1.33 bits per heavy atom. The van der Waals surface area contributed by atoms with Crippen LogP contribution in [0.4, 0.5) is 0 Å². The SMILES string of the molecule is NN=NCCCCON. The molecule has 0 aliphatic carbocycles. The maximum absolute atomic E-state index is 4.76. The van der Waals surface area contributed by atoms with Crippen LogP contribution in [0.1, 0.15) is 12.8 Å². The van der Waals surface area contributed by atoms with Crippen molar-refractivity contribution in [1.82, 2.24) is 0 Å². The molecule has 0 saturated carbocycles. The van der Waals surface area contributed by atoms with Gasteiger partial charge < -0.3 is 10.7 Å². The molecule has 0 aromatic carbocycles. The second-order valence-electron chi connectivity index (χ2n) is 1.56. The van der Waals surface area contributed by atoms with Gasteiger partial charge in [-0.2, -0.15) is 5.11 Å². The number of hydrogen-bond donors (Lipinski definition) is 2. The van der Waals surface area contributed by atoms with Gasteiger partial charge in [0.1, 0.15) is 0 Å². The van der Waals surface area contributed by atoms with E-state index in [1.54, 1.807) is 0 Å². The average molecular weight is 132 g/mol. The van der Waals surface area contributed by atoms with Crippen LogP contribution < -0.4 is 11.7 Å². The first kappa shape index (κ1) is 8.32. The third-order valence-corrected chi connectivity index (χ3v) is 0.852. The molecule has 0 heterocycles. The molecule has 0 aromatic heterocycles. The molecule has 5 heteroatoms. The van der Waals surface area contributed by atoms with Crippen molar-refractivity contribution in [2.75, 3.05) is 13.2 Å². The van der Waals surface area contributed by atoms with Crippen molar-refractivity contribution < 1.29 is 4.84 Å². The van der Waals surface area contributed by atoms with Gasteiger partial charge in [-0.25, -0.2) is 5.90 Å². The monoisotopic (exact) mass is 132 g/mol. The van der Waals surface area contributed by atoms with E-state index in [4.69, 9.17) is 11.7 Å². The maximum Gasteiger partial charge on any atom is 0.0679 e. The van der Waals surface area contributed by atoms with Crippen LogP contribution in [-0.2, 0) is 4.84 Å². The molecule has 4 N–H and O–H groups in total. The van der Waals surface area contributed by atoms with E-state index in [9.17, 15) is 0 Å². The van der Waals surface area contributed by atoms with Crippen molar-refractivity contribution in [3.05, 3.63) is 0 Å². The van der Waals surface area contributed by atoms with Gasteiger partial charge in [0.25, 0.3) is 0 Å². The van der Waals surface area contributed by atoms with E-state index in [0.717, 1.165) is 12.8 Å². The van der Waals surface area contributed by atoms with Crippen LogP contribution in [0.2, 0.25) is 0 Å². The summed E-state index contributed by atoms with van der Waals surface area (Å²) in [6, 6.07) is 0. The molecule has 0 aromatic rings. The molecule has 0 bridgehead atoms. The molecule has 0 rings (SSSR count). The van der Waals surface area contributed by atoms with E-state index in [-0.39, 0.29) is 0 Å². The zero-order valence-corrected chi connectivity index (χ0v) is 5.29. The van der Waals surface area contributed by atoms with E-state index >= 15 is 0 Å². The van der Waals surface area contributed by atoms with Crippen LogP contribution in [0.15, 0.2) is 10.3 Å².